The number of rotatable bonds is 3. The Morgan fingerprint density at radius 2 is 2.06 bits per heavy atom. The van der Waals surface area contributed by atoms with Gasteiger partial charge in [0.2, 0.25) is 0 Å². The summed E-state index contributed by atoms with van der Waals surface area (Å²) >= 11 is 0. The first-order valence-corrected chi connectivity index (χ1v) is 5.91. The predicted octanol–water partition coefficient (Wildman–Crippen LogP) is 2.61. The topological polar surface area (TPSA) is 61.0 Å². The second kappa shape index (κ2) is 5.04. The molecule has 4 nitrogen and oxygen atoms in total. The van der Waals surface area contributed by atoms with Gasteiger partial charge in [0.1, 0.15) is 17.8 Å². The normalized spacial score (nSPS) is 10.4. The van der Waals surface area contributed by atoms with Crippen LogP contribution in [-0.2, 0) is 6.42 Å². The van der Waals surface area contributed by atoms with Crippen LogP contribution in [0.3, 0.4) is 0 Å². The van der Waals surface area contributed by atoms with Gasteiger partial charge < -0.3 is 10.5 Å². The van der Waals surface area contributed by atoms with E-state index in [1.54, 1.807) is 7.11 Å². The molecule has 0 amide bonds. The van der Waals surface area contributed by atoms with Crippen molar-refractivity contribution in [2.75, 3.05) is 12.8 Å². The van der Waals surface area contributed by atoms with Gasteiger partial charge in [0.25, 0.3) is 0 Å². The molecule has 1 aromatic carbocycles. The monoisotopic (exact) mass is 243 g/mol. The molecule has 2 rings (SSSR count). The smallest absolute Gasteiger partial charge is 0.128 e. The van der Waals surface area contributed by atoms with E-state index in [4.69, 9.17) is 10.5 Å². The quantitative estimate of drug-likeness (QED) is 0.900. The highest BCUT2D eigenvalue weighted by atomic mass is 16.5. The average molecular weight is 243 g/mol. The molecule has 2 aromatic rings. The molecule has 0 spiro atoms. The standard InChI is InChI=1S/C14H17N3O/c1-4-10-5-6-12(18-3)11(7-10)14-13(15)9(2)16-8-17-14/h5-8H,4,15H2,1-3H3. The van der Waals surface area contributed by atoms with Crippen molar-refractivity contribution < 1.29 is 4.74 Å². The maximum atomic E-state index is 6.05. The van der Waals surface area contributed by atoms with Crippen molar-refractivity contribution in [2.24, 2.45) is 0 Å². The van der Waals surface area contributed by atoms with E-state index < -0.39 is 0 Å². The van der Waals surface area contributed by atoms with Crippen LogP contribution in [0.25, 0.3) is 11.3 Å². The van der Waals surface area contributed by atoms with Gasteiger partial charge in [-0.25, -0.2) is 9.97 Å². The molecule has 18 heavy (non-hydrogen) atoms. The molecule has 1 aromatic heterocycles. The first kappa shape index (κ1) is 12.4. The fourth-order valence-corrected chi connectivity index (χ4v) is 1.86. The number of hydrogen-bond donors (Lipinski definition) is 1. The van der Waals surface area contributed by atoms with Crippen LogP contribution in [0.1, 0.15) is 18.2 Å². The average Bonchev–Trinajstić information content (AvgIpc) is 2.41. The lowest BCUT2D eigenvalue weighted by molar-refractivity contribution is 0.416. The van der Waals surface area contributed by atoms with Gasteiger partial charge >= 0.3 is 0 Å². The molecule has 94 valence electrons. The van der Waals surface area contributed by atoms with E-state index >= 15 is 0 Å². The minimum Gasteiger partial charge on any atom is -0.496 e. The van der Waals surface area contributed by atoms with Crippen molar-refractivity contribution in [1.82, 2.24) is 9.97 Å². The summed E-state index contributed by atoms with van der Waals surface area (Å²) in [6.07, 6.45) is 2.49. The molecule has 1 heterocycles. The second-order valence-corrected chi connectivity index (χ2v) is 4.11. The van der Waals surface area contributed by atoms with Crippen molar-refractivity contribution in [3.8, 4) is 17.0 Å². The third-order valence-corrected chi connectivity index (χ3v) is 3.01. The van der Waals surface area contributed by atoms with Crippen LogP contribution in [0, 0.1) is 6.92 Å². The number of nitrogens with zero attached hydrogens (tertiary/aromatic N) is 2. The Bertz CT molecular complexity index is 567. The summed E-state index contributed by atoms with van der Waals surface area (Å²) in [5.41, 5.74) is 10.3. The molecule has 0 radical (unpaired) electrons. The van der Waals surface area contributed by atoms with E-state index in [0.29, 0.717) is 5.69 Å². The van der Waals surface area contributed by atoms with Gasteiger partial charge in [-0.1, -0.05) is 13.0 Å². The number of methoxy groups -OCH3 is 1. The zero-order chi connectivity index (χ0) is 13.1. The number of aromatic nitrogens is 2. The van der Waals surface area contributed by atoms with Crippen LogP contribution in [0.15, 0.2) is 24.5 Å². The molecule has 0 saturated carbocycles. The maximum absolute atomic E-state index is 6.05. The summed E-state index contributed by atoms with van der Waals surface area (Å²) in [6, 6.07) is 6.06. The van der Waals surface area contributed by atoms with Crippen molar-refractivity contribution >= 4 is 5.69 Å². The minimum absolute atomic E-state index is 0.601. The van der Waals surface area contributed by atoms with E-state index in [2.05, 4.69) is 23.0 Å². The molecule has 4 heteroatoms. The molecule has 0 bridgehead atoms. The Kier molecular flexibility index (Phi) is 3.46. The van der Waals surface area contributed by atoms with E-state index in [-0.39, 0.29) is 0 Å². The summed E-state index contributed by atoms with van der Waals surface area (Å²) in [5, 5.41) is 0. The number of ether oxygens (including phenoxy) is 1. The van der Waals surface area contributed by atoms with Gasteiger partial charge in [0.15, 0.2) is 0 Å². The van der Waals surface area contributed by atoms with Crippen LogP contribution in [0.4, 0.5) is 5.69 Å². The molecule has 0 atom stereocenters. The fourth-order valence-electron chi connectivity index (χ4n) is 1.86. The summed E-state index contributed by atoms with van der Waals surface area (Å²) in [6.45, 7) is 3.98. The molecule has 0 aliphatic carbocycles. The van der Waals surface area contributed by atoms with Crippen LogP contribution >= 0.6 is 0 Å². The van der Waals surface area contributed by atoms with Gasteiger partial charge in [-0.15, -0.1) is 0 Å². The molecule has 0 fully saturated rings. The van der Waals surface area contributed by atoms with Gasteiger partial charge in [0, 0.05) is 5.56 Å². The number of nitrogen functional groups attached to an aromatic ring is 1. The second-order valence-electron chi connectivity index (χ2n) is 4.11. The number of aryl methyl sites for hydroxylation is 2. The number of hydrogen-bond acceptors (Lipinski definition) is 4. The van der Waals surface area contributed by atoms with Gasteiger partial charge in [-0.2, -0.15) is 0 Å². The molecule has 0 aliphatic heterocycles. The Morgan fingerprint density at radius 1 is 1.28 bits per heavy atom. The molecular weight excluding hydrogens is 226 g/mol. The lowest BCUT2D eigenvalue weighted by atomic mass is 10.0. The Balaban J connectivity index is 2.64. The van der Waals surface area contributed by atoms with E-state index in [1.165, 1.54) is 11.9 Å². The lowest BCUT2D eigenvalue weighted by Gasteiger charge is -2.12. The van der Waals surface area contributed by atoms with E-state index in [9.17, 15) is 0 Å². The summed E-state index contributed by atoms with van der Waals surface area (Å²) < 4.78 is 5.38. The Hall–Kier alpha value is -2.10. The van der Waals surface area contributed by atoms with Crippen molar-refractivity contribution in [3.05, 3.63) is 35.8 Å². The largest absolute Gasteiger partial charge is 0.496 e. The molecule has 0 unspecified atom stereocenters. The molecule has 2 N–H and O–H groups in total. The Morgan fingerprint density at radius 3 is 2.72 bits per heavy atom. The highest BCUT2D eigenvalue weighted by Gasteiger charge is 2.12. The minimum atomic E-state index is 0.601. The third-order valence-electron chi connectivity index (χ3n) is 3.01. The fraction of sp³-hybridized carbons (Fsp3) is 0.286. The predicted molar refractivity (Wildman–Crippen MR) is 72.5 cm³/mol. The molecular formula is C14H17N3O. The number of benzene rings is 1. The van der Waals surface area contributed by atoms with Crippen molar-refractivity contribution in [2.45, 2.75) is 20.3 Å². The number of anilines is 1. The first-order valence-electron chi connectivity index (χ1n) is 5.91. The highest BCUT2D eigenvalue weighted by molar-refractivity contribution is 5.78. The van der Waals surface area contributed by atoms with Gasteiger partial charge in [0.05, 0.1) is 18.5 Å². The SMILES string of the molecule is CCc1ccc(OC)c(-c2ncnc(C)c2N)c1. The molecule has 0 saturated heterocycles. The van der Waals surface area contributed by atoms with Crippen LogP contribution in [-0.4, -0.2) is 17.1 Å². The zero-order valence-electron chi connectivity index (χ0n) is 10.9. The van der Waals surface area contributed by atoms with Crippen LogP contribution in [0.2, 0.25) is 0 Å². The summed E-state index contributed by atoms with van der Waals surface area (Å²) in [4.78, 5) is 8.36. The third kappa shape index (κ3) is 2.14. The van der Waals surface area contributed by atoms with Crippen LogP contribution in [0.5, 0.6) is 5.75 Å². The lowest BCUT2D eigenvalue weighted by Crippen LogP contribution is -2.00. The maximum Gasteiger partial charge on any atom is 0.128 e. The van der Waals surface area contributed by atoms with Crippen molar-refractivity contribution in [1.29, 1.82) is 0 Å². The summed E-state index contributed by atoms with van der Waals surface area (Å²) in [5.74, 6) is 0.775. The van der Waals surface area contributed by atoms with Gasteiger partial charge in [-0.3, -0.25) is 0 Å². The molecule has 0 aliphatic rings. The highest BCUT2D eigenvalue weighted by Crippen LogP contribution is 2.33. The van der Waals surface area contributed by atoms with E-state index in [1.807, 2.05) is 19.1 Å². The van der Waals surface area contributed by atoms with E-state index in [0.717, 1.165) is 29.1 Å². The van der Waals surface area contributed by atoms with Crippen molar-refractivity contribution in [3.63, 3.8) is 0 Å². The van der Waals surface area contributed by atoms with Gasteiger partial charge in [-0.05, 0) is 31.0 Å². The Labute approximate surface area is 107 Å². The summed E-state index contributed by atoms with van der Waals surface area (Å²) in [7, 11) is 1.65. The first-order chi connectivity index (χ1) is 8.67. The zero-order valence-corrected chi connectivity index (χ0v) is 10.9. The van der Waals surface area contributed by atoms with Crippen LogP contribution < -0.4 is 10.5 Å². The number of nitrogens with two attached hydrogens (primary N) is 1.